The van der Waals surface area contributed by atoms with Crippen molar-refractivity contribution in [2.75, 3.05) is 0 Å². The first kappa shape index (κ1) is 15.0. The van der Waals surface area contributed by atoms with E-state index in [1.54, 1.807) is 11.9 Å². The van der Waals surface area contributed by atoms with Crippen molar-refractivity contribution in [2.24, 2.45) is 11.8 Å². The third-order valence-corrected chi connectivity index (χ3v) is 5.07. The molecule has 0 aromatic heterocycles. The summed E-state index contributed by atoms with van der Waals surface area (Å²) < 4.78 is 3.43. The average Bonchev–Trinajstić information content (AvgIpc) is 3.35. The number of benzene rings is 2. The molecule has 1 N–H and O–H groups in total. The van der Waals surface area contributed by atoms with Crippen molar-refractivity contribution in [3.8, 4) is 0 Å². The fourth-order valence-electron chi connectivity index (χ4n) is 2.64. The fraction of sp³-hybridized carbons (Fsp3) is 0.200. The van der Waals surface area contributed by atoms with Gasteiger partial charge in [-0.15, -0.1) is 6.58 Å². The minimum absolute atomic E-state index is 0.561. The van der Waals surface area contributed by atoms with Crippen LogP contribution in [0.25, 0.3) is 0 Å². The molecule has 2 aromatic carbocycles. The van der Waals surface area contributed by atoms with E-state index in [-0.39, 0.29) is 0 Å². The predicted octanol–water partition coefficient (Wildman–Crippen LogP) is 5.21. The Labute approximate surface area is 137 Å². The second-order valence-corrected chi connectivity index (χ2v) is 6.59. The van der Waals surface area contributed by atoms with Crippen LogP contribution in [-0.2, 0) is 6.42 Å². The number of nitrogens with one attached hydrogen (secondary N) is 1. The Balaban J connectivity index is 1.64. The van der Waals surface area contributed by atoms with Gasteiger partial charge in [0.2, 0.25) is 0 Å². The van der Waals surface area contributed by atoms with E-state index in [1.807, 2.05) is 6.08 Å². The van der Waals surface area contributed by atoms with Crippen molar-refractivity contribution in [2.45, 2.75) is 17.7 Å². The van der Waals surface area contributed by atoms with E-state index in [0.717, 1.165) is 12.1 Å². The molecule has 2 unspecified atom stereocenters. The maximum absolute atomic E-state index is 4.16. The van der Waals surface area contributed by atoms with Gasteiger partial charge in [-0.1, -0.05) is 61.2 Å². The summed E-state index contributed by atoms with van der Waals surface area (Å²) in [4.78, 5) is 1.27. The molecule has 0 heterocycles. The molecule has 0 amide bonds. The van der Waals surface area contributed by atoms with Gasteiger partial charge in [-0.3, -0.25) is 0 Å². The van der Waals surface area contributed by atoms with Crippen LogP contribution in [0.1, 0.15) is 17.5 Å². The quantitative estimate of drug-likeness (QED) is 0.556. The lowest BCUT2D eigenvalue weighted by atomic mass is 10.1. The molecule has 0 spiro atoms. The van der Waals surface area contributed by atoms with E-state index in [2.05, 4.69) is 72.5 Å². The van der Waals surface area contributed by atoms with Crippen molar-refractivity contribution in [3.05, 3.63) is 90.7 Å². The molecule has 22 heavy (non-hydrogen) atoms. The van der Waals surface area contributed by atoms with Crippen LogP contribution in [-0.4, -0.2) is 0 Å². The van der Waals surface area contributed by atoms with Gasteiger partial charge in [0.25, 0.3) is 0 Å². The van der Waals surface area contributed by atoms with Crippen molar-refractivity contribution < 1.29 is 0 Å². The van der Waals surface area contributed by atoms with E-state index in [4.69, 9.17) is 0 Å². The molecule has 2 atom stereocenters. The van der Waals surface area contributed by atoms with Crippen LogP contribution in [0.5, 0.6) is 0 Å². The molecule has 0 saturated heterocycles. The minimum Gasteiger partial charge on any atom is -0.330 e. The first-order valence-electron chi connectivity index (χ1n) is 7.64. The molecule has 1 aliphatic carbocycles. The minimum atomic E-state index is 0.561. The summed E-state index contributed by atoms with van der Waals surface area (Å²) in [5.41, 5.74) is 3.79. The van der Waals surface area contributed by atoms with Gasteiger partial charge in [-0.25, -0.2) is 0 Å². The highest BCUT2D eigenvalue weighted by atomic mass is 32.2. The maximum atomic E-state index is 4.16. The molecular formula is C20H21NS. The summed E-state index contributed by atoms with van der Waals surface area (Å²) in [5.74, 6) is 1.17. The summed E-state index contributed by atoms with van der Waals surface area (Å²) in [6, 6.07) is 19.1. The summed E-state index contributed by atoms with van der Waals surface area (Å²) in [5, 5.41) is 0. The van der Waals surface area contributed by atoms with Crippen molar-refractivity contribution in [3.63, 3.8) is 0 Å². The van der Waals surface area contributed by atoms with Gasteiger partial charge in [0, 0.05) is 16.5 Å². The highest BCUT2D eigenvalue weighted by Gasteiger charge is 2.36. The molecule has 1 aliphatic rings. The molecule has 3 rings (SSSR count). The van der Waals surface area contributed by atoms with E-state index in [0.29, 0.717) is 11.8 Å². The van der Waals surface area contributed by atoms with Gasteiger partial charge in [-0.05, 0) is 47.9 Å². The molecular weight excluding hydrogens is 286 g/mol. The van der Waals surface area contributed by atoms with E-state index in [1.165, 1.54) is 22.4 Å². The average molecular weight is 307 g/mol. The Bertz CT molecular complexity index is 662. The standard InChI is InChI=1S/C20H21NS/c1-3-17-14-19(17)15(2)21-22-20-12-8-7-11-18(20)13-16-9-5-4-6-10-16/h3-12,17,19,21H,1-2,13-14H2. The normalized spacial score (nSPS) is 19.5. The number of hydrogen-bond donors (Lipinski definition) is 1. The molecule has 2 heteroatoms. The van der Waals surface area contributed by atoms with Crippen LogP contribution in [0.2, 0.25) is 0 Å². The Morgan fingerprint density at radius 3 is 2.59 bits per heavy atom. The summed E-state index contributed by atoms with van der Waals surface area (Å²) in [6.07, 6.45) is 4.17. The summed E-state index contributed by atoms with van der Waals surface area (Å²) in [6.45, 7) is 8.02. The maximum Gasteiger partial charge on any atom is 0.0320 e. The van der Waals surface area contributed by atoms with E-state index < -0.39 is 0 Å². The summed E-state index contributed by atoms with van der Waals surface area (Å²) in [7, 11) is 0. The van der Waals surface area contributed by atoms with Crippen LogP contribution in [0.4, 0.5) is 0 Å². The Morgan fingerprint density at radius 2 is 1.86 bits per heavy atom. The highest BCUT2D eigenvalue weighted by molar-refractivity contribution is 7.97. The molecule has 0 bridgehead atoms. The highest BCUT2D eigenvalue weighted by Crippen LogP contribution is 2.44. The summed E-state index contributed by atoms with van der Waals surface area (Å²) >= 11 is 1.67. The third-order valence-electron chi connectivity index (χ3n) is 4.09. The molecule has 112 valence electrons. The fourth-order valence-corrected chi connectivity index (χ4v) is 3.45. The van der Waals surface area contributed by atoms with Gasteiger partial charge in [0.05, 0.1) is 0 Å². The lowest BCUT2D eigenvalue weighted by Crippen LogP contribution is -2.05. The zero-order valence-electron chi connectivity index (χ0n) is 12.7. The Morgan fingerprint density at radius 1 is 1.14 bits per heavy atom. The zero-order chi connectivity index (χ0) is 15.4. The van der Waals surface area contributed by atoms with Crippen LogP contribution in [0.15, 0.2) is 84.4 Å². The first-order valence-corrected chi connectivity index (χ1v) is 8.45. The lowest BCUT2D eigenvalue weighted by Gasteiger charge is -2.12. The molecule has 1 saturated carbocycles. The third kappa shape index (κ3) is 3.63. The van der Waals surface area contributed by atoms with Crippen molar-refractivity contribution in [1.29, 1.82) is 0 Å². The number of rotatable bonds is 7. The molecule has 1 fully saturated rings. The first-order chi connectivity index (χ1) is 10.8. The van der Waals surface area contributed by atoms with Crippen LogP contribution in [0, 0.1) is 11.8 Å². The van der Waals surface area contributed by atoms with Crippen LogP contribution < -0.4 is 4.72 Å². The molecule has 0 aliphatic heterocycles. The SMILES string of the molecule is C=CC1CC1C(=C)NSc1ccccc1Cc1ccccc1. The largest absolute Gasteiger partial charge is 0.330 e. The predicted molar refractivity (Wildman–Crippen MR) is 95.6 cm³/mol. The van der Waals surface area contributed by atoms with Gasteiger partial charge < -0.3 is 4.72 Å². The van der Waals surface area contributed by atoms with Crippen LogP contribution >= 0.6 is 11.9 Å². The Hall–Kier alpha value is -1.93. The van der Waals surface area contributed by atoms with Gasteiger partial charge in [0.1, 0.15) is 0 Å². The monoisotopic (exact) mass is 307 g/mol. The van der Waals surface area contributed by atoms with E-state index in [9.17, 15) is 0 Å². The number of hydrogen-bond acceptors (Lipinski definition) is 2. The Kier molecular flexibility index (Phi) is 4.69. The van der Waals surface area contributed by atoms with E-state index >= 15 is 0 Å². The van der Waals surface area contributed by atoms with Crippen molar-refractivity contribution in [1.82, 2.24) is 4.72 Å². The second kappa shape index (κ2) is 6.89. The van der Waals surface area contributed by atoms with Gasteiger partial charge in [0.15, 0.2) is 0 Å². The number of allylic oxidation sites excluding steroid dienone is 2. The van der Waals surface area contributed by atoms with Gasteiger partial charge >= 0.3 is 0 Å². The van der Waals surface area contributed by atoms with Crippen LogP contribution in [0.3, 0.4) is 0 Å². The molecule has 2 aromatic rings. The smallest absolute Gasteiger partial charge is 0.0320 e. The van der Waals surface area contributed by atoms with Gasteiger partial charge in [-0.2, -0.15) is 0 Å². The molecule has 1 nitrogen and oxygen atoms in total. The van der Waals surface area contributed by atoms with Crippen molar-refractivity contribution >= 4 is 11.9 Å². The second-order valence-electron chi connectivity index (χ2n) is 5.74. The topological polar surface area (TPSA) is 12.0 Å². The molecule has 0 radical (unpaired) electrons. The lowest BCUT2D eigenvalue weighted by molar-refractivity contribution is 0.886. The zero-order valence-corrected chi connectivity index (χ0v) is 13.5.